The highest BCUT2D eigenvalue weighted by atomic mass is 32.2. The maximum absolute atomic E-state index is 12.7. The Bertz CT molecular complexity index is 844. The second-order valence-corrected chi connectivity index (χ2v) is 7.06. The Morgan fingerprint density at radius 2 is 1.92 bits per heavy atom. The summed E-state index contributed by atoms with van der Waals surface area (Å²) in [6.07, 6.45) is 1.70. The number of alkyl halides is 2. The highest BCUT2D eigenvalue weighted by molar-refractivity contribution is 7.89. The van der Waals surface area contributed by atoms with Crippen LogP contribution in [0, 0.1) is 0 Å². The topological polar surface area (TPSA) is 98.4 Å². The molecule has 0 radical (unpaired) electrons. The van der Waals surface area contributed by atoms with Crippen molar-refractivity contribution in [2.75, 3.05) is 12.3 Å². The SMILES string of the molecule is Nc1ncnc2c1CCN(S(=O)(=O)c1ccc(OC(F)F)cc1)C2. The van der Waals surface area contributed by atoms with E-state index in [4.69, 9.17) is 5.73 Å². The lowest BCUT2D eigenvalue weighted by Crippen LogP contribution is -2.36. The zero-order valence-electron chi connectivity index (χ0n) is 12.4. The van der Waals surface area contributed by atoms with Crippen molar-refractivity contribution in [3.8, 4) is 5.75 Å². The minimum atomic E-state index is -3.77. The molecule has 0 unspecified atom stereocenters. The van der Waals surface area contributed by atoms with Crippen LogP contribution in [0.3, 0.4) is 0 Å². The lowest BCUT2D eigenvalue weighted by atomic mass is 10.1. The third-order valence-electron chi connectivity index (χ3n) is 3.69. The van der Waals surface area contributed by atoms with Crippen LogP contribution in [0.2, 0.25) is 0 Å². The molecule has 0 saturated heterocycles. The van der Waals surface area contributed by atoms with E-state index in [1.165, 1.54) is 34.9 Å². The summed E-state index contributed by atoms with van der Waals surface area (Å²) in [5.74, 6) is 0.249. The second kappa shape index (κ2) is 6.29. The summed E-state index contributed by atoms with van der Waals surface area (Å²) in [7, 11) is -3.77. The van der Waals surface area contributed by atoms with Gasteiger partial charge in [0.25, 0.3) is 0 Å². The van der Waals surface area contributed by atoms with Crippen molar-refractivity contribution in [3.05, 3.63) is 41.9 Å². The van der Waals surface area contributed by atoms with Gasteiger partial charge in [-0.3, -0.25) is 0 Å². The number of fused-ring (bicyclic) bond motifs is 1. The number of nitrogens with two attached hydrogens (primary N) is 1. The molecule has 1 aromatic carbocycles. The predicted molar refractivity (Wildman–Crippen MR) is 80.8 cm³/mol. The Kier molecular flexibility index (Phi) is 4.33. The summed E-state index contributed by atoms with van der Waals surface area (Å²) in [6.45, 7) is -2.64. The van der Waals surface area contributed by atoms with Gasteiger partial charge in [0, 0.05) is 12.1 Å². The van der Waals surface area contributed by atoms with Crippen molar-refractivity contribution >= 4 is 15.8 Å². The molecule has 10 heteroatoms. The quantitative estimate of drug-likeness (QED) is 0.889. The van der Waals surface area contributed by atoms with E-state index in [1.54, 1.807) is 0 Å². The number of ether oxygens (including phenoxy) is 1. The normalized spacial score (nSPS) is 15.3. The molecule has 3 rings (SSSR count). The molecule has 0 amide bonds. The summed E-state index contributed by atoms with van der Waals surface area (Å²) in [5.41, 5.74) is 7.09. The van der Waals surface area contributed by atoms with Crippen LogP contribution >= 0.6 is 0 Å². The highest BCUT2D eigenvalue weighted by Gasteiger charge is 2.30. The average Bonchev–Trinajstić information content (AvgIpc) is 2.55. The molecule has 1 aromatic heterocycles. The molecule has 0 saturated carbocycles. The van der Waals surface area contributed by atoms with Gasteiger partial charge in [0.1, 0.15) is 17.9 Å². The van der Waals surface area contributed by atoms with Gasteiger partial charge < -0.3 is 10.5 Å². The molecule has 0 spiro atoms. The first kappa shape index (κ1) is 16.5. The Morgan fingerprint density at radius 1 is 1.21 bits per heavy atom. The third kappa shape index (κ3) is 3.15. The van der Waals surface area contributed by atoms with Gasteiger partial charge in [-0.1, -0.05) is 0 Å². The number of aromatic nitrogens is 2. The van der Waals surface area contributed by atoms with E-state index in [1.807, 2.05) is 0 Å². The monoisotopic (exact) mass is 356 g/mol. The number of rotatable bonds is 4. The standard InChI is InChI=1S/C14H14F2N4O3S/c15-14(16)23-9-1-3-10(4-2-9)24(21,22)20-6-5-11-12(7-20)18-8-19-13(11)17/h1-4,8,14H,5-7H2,(H2,17,18,19). The second-order valence-electron chi connectivity index (χ2n) is 5.12. The summed E-state index contributed by atoms with van der Waals surface area (Å²) in [5, 5.41) is 0. The van der Waals surface area contributed by atoms with Crippen LogP contribution in [-0.2, 0) is 23.0 Å². The van der Waals surface area contributed by atoms with Gasteiger partial charge in [-0.25, -0.2) is 18.4 Å². The maximum Gasteiger partial charge on any atom is 0.387 e. The first-order valence-corrected chi connectivity index (χ1v) is 8.45. The number of hydrogen-bond acceptors (Lipinski definition) is 6. The number of benzene rings is 1. The van der Waals surface area contributed by atoms with E-state index >= 15 is 0 Å². The molecule has 0 aliphatic carbocycles. The number of halogens is 2. The summed E-state index contributed by atoms with van der Waals surface area (Å²) in [6, 6.07) is 4.85. The molecule has 2 heterocycles. The van der Waals surface area contributed by atoms with Crippen molar-refractivity contribution in [2.45, 2.75) is 24.5 Å². The van der Waals surface area contributed by atoms with Crippen molar-refractivity contribution in [3.63, 3.8) is 0 Å². The van der Waals surface area contributed by atoms with E-state index in [2.05, 4.69) is 14.7 Å². The van der Waals surface area contributed by atoms with Crippen LogP contribution in [-0.4, -0.2) is 35.8 Å². The van der Waals surface area contributed by atoms with Crippen LogP contribution in [0.1, 0.15) is 11.3 Å². The minimum Gasteiger partial charge on any atom is -0.435 e. The summed E-state index contributed by atoms with van der Waals surface area (Å²) in [4.78, 5) is 7.97. The molecule has 0 bridgehead atoms. The van der Waals surface area contributed by atoms with Gasteiger partial charge in [-0.2, -0.15) is 13.1 Å². The Hall–Kier alpha value is -2.33. The van der Waals surface area contributed by atoms with Crippen LogP contribution in [0.5, 0.6) is 5.75 Å². The zero-order valence-corrected chi connectivity index (χ0v) is 13.2. The van der Waals surface area contributed by atoms with Crippen molar-refractivity contribution < 1.29 is 21.9 Å². The molecular formula is C14H14F2N4O3S. The summed E-state index contributed by atoms with van der Waals surface area (Å²) >= 11 is 0. The number of nitrogen functional groups attached to an aromatic ring is 1. The largest absolute Gasteiger partial charge is 0.435 e. The van der Waals surface area contributed by atoms with Crippen molar-refractivity contribution in [1.29, 1.82) is 0 Å². The average molecular weight is 356 g/mol. The first-order chi connectivity index (χ1) is 11.4. The maximum atomic E-state index is 12.7. The number of hydrogen-bond donors (Lipinski definition) is 1. The van der Waals surface area contributed by atoms with Crippen LogP contribution in [0.4, 0.5) is 14.6 Å². The van der Waals surface area contributed by atoms with Gasteiger partial charge in [-0.05, 0) is 30.7 Å². The lowest BCUT2D eigenvalue weighted by molar-refractivity contribution is -0.0498. The zero-order chi connectivity index (χ0) is 17.3. The Labute approximate surface area is 137 Å². The highest BCUT2D eigenvalue weighted by Crippen LogP contribution is 2.27. The van der Waals surface area contributed by atoms with E-state index in [9.17, 15) is 17.2 Å². The number of nitrogens with zero attached hydrogens (tertiary/aromatic N) is 3. The Morgan fingerprint density at radius 3 is 2.58 bits per heavy atom. The minimum absolute atomic E-state index is 0.00501. The molecule has 7 nitrogen and oxygen atoms in total. The first-order valence-electron chi connectivity index (χ1n) is 7.01. The molecule has 1 aliphatic heterocycles. The fourth-order valence-electron chi connectivity index (χ4n) is 2.50. The van der Waals surface area contributed by atoms with Gasteiger partial charge in [0.05, 0.1) is 17.1 Å². The predicted octanol–water partition coefficient (Wildman–Crippen LogP) is 1.41. The van der Waals surface area contributed by atoms with E-state index in [0.29, 0.717) is 17.9 Å². The molecule has 1 aliphatic rings. The van der Waals surface area contributed by atoms with E-state index in [-0.39, 0.29) is 23.7 Å². The van der Waals surface area contributed by atoms with Crippen molar-refractivity contribution in [2.24, 2.45) is 0 Å². The molecule has 128 valence electrons. The summed E-state index contributed by atoms with van der Waals surface area (Å²) < 4.78 is 55.1. The smallest absolute Gasteiger partial charge is 0.387 e. The molecule has 24 heavy (non-hydrogen) atoms. The number of anilines is 1. The van der Waals surface area contributed by atoms with Gasteiger partial charge >= 0.3 is 6.61 Å². The van der Waals surface area contributed by atoms with Crippen molar-refractivity contribution in [1.82, 2.24) is 14.3 Å². The number of sulfonamides is 1. The van der Waals surface area contributed by atoms with Gasteiger partial charge in [-0.15, -0.1) is 0 Å². The fraction of sp³-hybridized carbons (Fsp3) is 0.286. The Balaban J connectivity index is 1.83. The van der Waals surface area contributed by atoms with Gasteiger partial charge in [0.15, 0.2) is 0 Å². The lowest BCUT2D eigenvalue weighted by Gasteiger charge is -2.27. The molecule has 0 fully saturated rings. The fourth-order valence-corrected chi connectivity index (χ4v) is 3.90. The third-order valence-corrected chi connectivity index (χ3v) is 5.55. The van der Waals surface area contributed by atoms with E-state index < -0.39 is 16.6 Å². The van der Waals surface area contributed by atoms with Crippen LogP contribution in [0.25, 0.3) is 0 Å². The van der Waals surface area contributed by atoms with Crippen LogP contribution < -0.4 is 10.5 Å². The van der Waals surface area contributed by atoms with E-state index in [0.717, 1.165) is 5.56 Å². The molecule has 2 N–H and O–H groups in total. The van der Waals surface area contributed by atoms with Crippen LogP contribution in [0.15, 0.2) is 35.5 Å². The van der Waals surface area contributed by atoms with Gasteiger partial charge in [0.2, 0.25) is 10.0 Å². The molecular weight excluding hydrogens is 342 g/mol. The molecule has 2 aromatic rings. The molecule has 0 atom stereocenters.